The molecule has 0 amide bonds. The minimum Gasteiger partial charge on any atom is -0.409 e. The summed E-state index contributed by atoms with van der Waals surface area (Å²) in [5.74, 6) is 0. The zero-order chi connectivity index (χ0) is 18.5. The molecule has 2 fully saturated rings. The fourth-order valence-corrected chi connectivity index (χ4v) is 6.98. The minimum absolute atomic E-state index is 0.0519. The predicted molar refractivity (Wildman–Crippen MR) is 111 cm³/mol. The zero-order valence-electron chi connectivity index (χ0n) is 16.0. The smallest absolute Gasteiger partial charge is 0.192 e. The number of thioether (sulfide) groups is 1. The van der Waals surface area contributed by atoms with Gasteiger partial charge in [0.1, 0.15) is 12.2 Å². The van der Waals surface area contributed by atoms with Gasteiger partial charge in [0.15, 0.2) is 12.7 Å². The molecule has 0 N–H and O–H groups in total. The van der Waals surface area contributed by atoms with E-state index in [-0.39, 0.29) is 28.6 Å². The summed E-state index contributed by atoms with van der Waals surface area (Å²) in [6.07, 6.45) is 0.208. The maximum atomic E-state index is 6.59. The van der Waals surface area contributed by atoms with Crippen molar-refractivity contribution in [1.29, 1.82) is 0 Å². The highest BCUT2D eigenvalue weighted by Gasteiger charge is 2.51. The summed E-state index contributed by atoms with van der Waals surface area (Å²) in [6, 6.07) is 8.29. The molecule has 4 rings (SSSR count). The number of para-hydroxylation sites is 1. The molecule has 0 spiro atoms. The first-order valence-electron chi connectivity index (χ1n) is 9.18. The van der Waals surface area contributed by atoms with Gasteiger partial charge in [-0.1, -0.05) is 44.7 Å². The zero-order valence-corrected chi connectivity index (χ0v) is 18.7. The van der Waals surface area contributed by atoms with Crippen LogP contribution in [0.1, 0.15) is 20.8 Å². The molecule has 3 heterocycles. The normalized spacial score (nSPS) is 29.4. The Morgan fingerprint density at radius 2 is 1.88 bits per heavy atom. The third-order valence-corrected chi connectivity index (χ3v) is 12.6. The molecule has 2 aromatic rings. The molecule has 1 aromatic carbocycles. The van der Waals surface area contributed by atoms with Gasteiger partial charge in [0, 0.05) is 0 Å². The van der Waals surface area contributed by atoms with E-state index in [1.807, 2.05) is 6.07 Å². The average Bonchev–Trinajstić information content (AvgIpc) is 3.23. The Kier molecular flexibility index (Phi) is 4.99. The molecule has 142 valence electrons. The van der Waals surface area contributed by atoms with Crippen LogP contribution in [0.5, 0.6) is 0 Å². The first-order chi connectivity index (χ1) is 12.2. The monoisotopic (exact) mass is 409 g/mol. The van der Waals surface area contributed by atoms with E-state index in [1.54, 1.807) is 23.1 Å². The molecule has 0 radical (unpaired) electrons. The fourth-order valence-electron chi connectivity index (χ4n) is 3.22. The van der Waals surface area contributed by atoms with Crippen LogP contribution in [0.4, 0.5) is 0 Å². The second-order valence-corrected chi connectivity index (χ2v) is 15.9. The molecule has 2 aliphatic rings. The quantitative estimate of drug-likeness (QED) is 0.669. The number of thiazole rings is 1. The van der Waals surface area contributed by atoms with Gasteiger partial charge in [-0.15, -0.1) is 11.3 Å². The number of ether oxygens (including phenoxy) is 2. The number of benzene rings is 1. The van der Waals surface area contributed by atoms with Gasteiger partial charge < -0.3 is 13.9 Å². The second kappa shape index (κ2) is 6.86. The van der Waals surface area contributed by atoms with E-state index < -0.39 is 8.32 Å². The van der Waals surface area contributed by atoms with Crippen LogP contribution in [0.3, 0.4) is 0 Å². The van der Waals surface area contributed by atoms with Crippen LogP contribution in [0, 0.1) is 0 Å². The van der Waals surface area contributed by atoms with Crippen LogP contribution in [-0.4, -0.2) is 50.1 Å². The second-order valence-electron chi connectivity index (χ2n) is 8.62. The highest BCUT2D eigenvalue weighted by atomic mass is 32.2. The van der Waals surface area contributed by atoms with E-state index in [0.717, 1.165) is 9.86 Å². The van der Waals surface area contributed by atoms with Crippen molar-refractivity contribution in [3.05, 3.63) is 24.3 Å². The van der Waals surface area contributed by atoms with E-state index in [0.29, 0.717) is 13.2 Å². The first-order valence-corrected chi connectivity index (χ1v) is 13.8. The number of rotatable bonds is 4. The molecule has 26 heavy (non-hydrogen) atoms. The number of fused-ring (bicyclic) bond motifs is 2. The van der Waals surface area contributed by atoms with Crippen molar-refractivity contribution in [2.45, 2.75) is 66.8 Å². The molecule has 1 aromatic heterocycles. The fraction of sp³-hybridized carbons (Fsp3) is 0.632. The standard InChI is InChI=1S/C19H27NO3S2Si/c1-19(2,3)26(4,5)23-13-10-21-17-15(11-22-16(13)17)25-18-20-12-8-6-7-9-14(12)24-18/h6-9,13,15-17H,10-11H2,1-5H3/t13-,15-,16-,17-/m1/s1. The maximum Gasteiger partial charge on any atom is 0.192 e. The SMILES string of the molecule is CC(C)(C)[Si](C)(C)O[C@@H]1CO[C@H]2[C@@H]1OC[C@H]2Sc1nc2ccccc2s1. The maximum absolute atomic E-state index is 6.59. The van der Waals surface area contributed by atoms with Gasteiger partial charge in [0.2, 0.25) is 0 Å². The first kappa shape index (κ1) is 18.9. The van der Waals surface area contributed by atoms with Gasteiger partial charge in [0.05, 0.1) is 34.8 Å². The number of nitrogens with zero attached hydrogens (tertiary/aromatic N) is 1. The van der Waals surface area contributed by atoms with Crippen molar-refractivity contribution in [2.24, 2.45) is 0 Å². The van der Waals surface area contributed by atoms with Crippen molar-refractivity contribution in [3.8, 4) is 0 Å². The molecule has 4 atom stereocenters. The molecule has 0 unspecified atom stereocenters. The molecule has 0 aliphatic carbocycles. The van der Waals surface area contributed by atoms with Gasteiger partial charge in [-0.3, -0.25) is 0 Å². The predicted octanol–water partition coefficient (Wildman–Crippen LogP) is 4.95. The largest absolute Gasteiger partial charge is 0.409 e. The topological polar surface area (TPSA) is 40.6 Å². The lowest BCUT2D eigenvalue weighted by atomic mass is 10.1. The van der Waals surface area contributed by atoms with Gasteiger partial charge in [-0.05, 0) is 30.3 Å². The summed E-state index contributed by atoms with van der Waals surface area (Å²) >= 11 is 3.54. The van der Waals surface area contributed by atoms with Crippen molar-refractivity contribution in [2.75, 3.05) is 13.2 Å². The van der Waals surface area contributed by atoms with E-state index in [4.69, 9.17) is 18.9 Å². The number of hydrogen-bond acceptors (Lipinski definition) is 6. The van der Waals surface area contributed by atoms with E-state index in [1.165, 1.54) is 4.70 Å². The third kappa shape index (κ3) is 3.50. The summed E-state index contributed by atoms with van der Waals surface area (Å²) in [4.78, 5) is 4.75. The Morgan fingerprint density at radius 1 is 1.15 bits per heavy atom. The Morgan fingerprint density at radius 3 is 2.62 bits per heavy atom. The van der Waals surface area contributed by atoms with Crippen molar-refractivity contribution in [1.82, 2.24) is 4.98 Å². The summed E-state index contributed by atoms with van der Waals surface area (Å²) in [5.41, 5.74) is 1.07. The molecular formula is C19H27NO3S2Si. The van der Waals surface area contributed by atoms with Crippen molar-refractivity contribution in [3.63, 3.8) is 0 Å². The van der Waals surface area contributed by atoms with E-state index in [2.05, 4.69) is 52.1 Å². The molecule has 0 saturated carbocycles. The summed E-state index contributed by atoms with van der Waals surface area (Å²) in [7, 11) is -1.83. The van der Waals surface area contributed by atoms with Crippen LogP contribution in [0.2, 0.25) is 18.1 Å². The number of hydrogen-bond donors (Lipinski definition) is 0. The molecule has 2 saturated heterocycles. The van der Waals surface area contributed by atoms with Gasteiger partial charge in [-0.2, -0.15) is 0 Å². The van der Waals surface area contributed by atoms with Crippen LogP contribution in [0.15, 0.2) is 28.6 Å². The summed E-state index contributed by atoms with van der Waals surface area (Å²) in [5, 5.41) is 0.479. The average molecular weight is 410 g/mol. The Bertz CT molecular complexity index is 755. The van der Waals surface area contributed by atoms with Gasteiger partial charge >= 0.3 is 0 Å². The Labute approximate surface area is 164 Å². The van der Waals surface area contributed by atoms with Gasteiger partial charge in [0.25, 0.3) is 0 Å². The highest BCUT2D eigenvalue weighted by Crippen LogP contribution is 2.43. The molecular weight excluding hydrogens is 382 g/mol. The molecule has 7 heteroatoms. The van der Waals surface area contributed by atoms with Crippen LogP contribution in [-0.2, 0) is 13.9 Å². The molecule has 2 aliphatic heterocycles. The lowest BCUT2D eigenvalue weighted by Crippen LogP contribution is -2.47. The van der Waals surface area contributed by atoms with Crippen molar-refractivity contribution < 1.29 is 13.9 Å². The third-order valence-electron chi connectivity index (χ3n) is 5.74. The van der Waals surface area contributed by atoms with Crippen LogP contribution >= 0.6 is 23.1 Å². The molecule has 0 bridgehead atoms. The molecule has 4 nitrogen and oxygen atoms in total. The summed E-state index contributed by atoms with van der Waals surface area (Å²) in [6.45, 7) is 12.7. The Hall–Kier alpha value is -0.443. The van der Waals surface area contributed by atoms with Crippen LogP contribution < -0.4 is 0 Å². The Balaban J connectivity index is 1.43. The minimum atomic E-state index is -1.83. The van der Waals surface area contributed by atoms with E-state index in [9.17, 15) is 0 Å². The lowest BCUT2D eigenvalue weighted by molar-refractivity contribution is 0.0246. The van der Waals surface area contributed by atoms with Crippen LogP contribution in [0.25, 0.3) is 10.2 Å². The van der Waals surface area contributed by atoms with Crippen molar-refractivity contribution >= 4 is 41.6 Å². The van der Waals surface area contributed by atoms with Gasteiger partial charge in [-0.25, -0.2) is 4.98 Å². The van der Waals surface area contributed by atoms with E-state index >= 15 is 0 Å². The lowest BCUT2D eigenvalue weighted by Gasteiger charge is -2.39. The summed E-state index contributed by atoms with van der Waals surface area (Å²) < 4.78 is 21.2. The highest BCUT2D eigenvalue weighted by molar-refractivity contribution is 8.01. The number of aromatic nitrogens is 1.